The van der Waals surface area contributed by atoms with Crippen LogP contribution >= 0.6 is 0 Å². The van der Waals surface area contributed by atoms with E-state index in [4.69, 9.17) is 9.84 Å². The average Bonchev–Trinajstić information content (AvgIpc) is 2.77. The minimum Gasteiger partial charge on any atom is -0.489 e. The van der Waals surface area contributed by atoms with E-state index in [-0.39, 0.29) is 30.6 Å². The number of carboxylic acid groups (broad SMARTS) is 1. The highest BCUT2D eigenvalue weighted by Crippen LogP contribution is 2.36. The van der Waals surface area contributed by atoms with Gasteiger partial charge in [0.25, 0.3) is 0 Å². The molecule has 34 heavy (non-hydrogen) atoms. The van der Waals surface area contributed by atoms with Crippen molar-refractivity contribution < 1.29 is 40.4 Å². The molecule has 0 saturated carbocycles. The summed E-state index contributed by atoms with van der Waals surface area (Å²) in [7, 11) is -5.73. The molecule has 0 spiro atoms. The van der Waals surface area contributed by atoms with Crippen LogP contribution in [0.5, 0.6) is 5.75 Å². The maximum Gasteiger partial charge on any atom is 0.534 e. The third kappa shape index (κ3) is 5.97. The summed E-state index contributed by atoms with van der Waals surface area (Å²) in [5.74, 6) is 0.422. The zero-order valence-electron chi connectivity index (χ0n) is 19.2. The predicted octanol–water partition coefficient (Wildman–Crippen LogP) is 5.43. The maximum absolute atomic E-state index is 12.8. The van der Waals surface area contributed by atoms with Crippen molar-refractivity contribution >= 4 is 16.2 Å². The van der Waals surface area contributed by atoms with Crippen LogP contribution in [0.15, 0.2) is 29.5 Å². The van der Waals surface area contributed by atoms with Gasteiger partial charge in [-0.25, -0.2) is 4.79 Å². The molecular formula is C23H30F3NO6S. The van der Waals surface area contributed by atoms with Gasteiger partial charge in [-0.2, -0.15) is 21.6 Å². The van der Waals surface area contributed by atoms with Crippen LogP contribution in [0.25, 0.3) is 0 Å². The average molecular weight is 506 g/mol. The first-order valence-corrected chi connectivity index (χ1v) is 12.8. The largest absolute Gasteiger partial charge is 0.534 e. The van der Waals surface area contributed by atoms with E-state index in [1.54, 1.807) is 6.07 Å². The highest BCUT2D eigenvalue weighted by molar-refractivity contribution is 7.87. The number of carbonyl (C=O) groups is 1. The number of likely N-dealkylation sites (tertiary alicyclic amines) is 1. The summed E-state index contributed by atoms with van der Waals surface area (Å²) in [6.07, 6.45) is 2.64. The van der Waals surface area contributed by atoms with E-state index in [9.17, 15) is 26.4 Å². The fourth-order valence-electron chi connectivity index (χ4n) is 4.60. The highest BCUT2D eigenvalue weighted by atomic mass is 32.2. The number of rotatable bonds is 7. The van der Waals surface area contributed by atoms with E-state index < -0.39 is 21.7 Å². The molecule has 1 aromatic carbocycles. The topological polar surface area (TPSA) is 93.1 Å². The predicted molar refractivity (Wildman–Crippen MR) is 119 cm³/mol. The summed E-state index contributed by atoms with van der Waals surface area (Å²) < 4.78 is 71.8. The first kappa shape index (κ1) is 26.2. The number of allylic oxidation sites excluding steroid dienone is 1. The highest BCUT2D eigenvalue weighted by Gasteiger charge is 2.49. The summed E-state index contributed by atoms with van der Waals surface area (Å²) >= 11 is 0. The zero-order chi connectivity index (χ0) is 25.1. The van der Waals surface area contributed by atoms with Gasteiger partial charge in [0.05, 0.1) is 0 Å². The van der Waals surface area contributed by atoms with E-state index in [2.05, 4.69) is 4.18 Å². The lowest BCUT2D eigenvalue weighted by molar-refractivity contribution is -0.0525. The molecule has 1 amide bonds. The van der Waals surface area contributed by atoms with Crippen molar-refractivity contribution in [2.24, 2.45) is 5.92 Å². The Bertz CT molecular complexity index is 1030. The van der Waals surface area contributed by atoms with E-state index in [0.717, 1.165) is 30.4 Å². The molecule has 0 aromatic heterocycles. The lowest BCUT2D eigenvalue weighted by Crippen LogP contribution is -2.36. The van der Waals surface area contributed by atoms with Crippen molar-refractivity contribution in [2.75, 3.05) is 19.7 Å². The van der Waals surface area contributed by atoms with Gasteiger partial charge < -0.3 is 18.9 Å². The number of nitrogens with zero attached hydrogens (tertiary/aromatic N) is 1. The van der Waals surface area contributed by atoms with Crippen LogP contribution in [-0.4, -0.2) is 49.7 Å². The minimum atomic E-state index is -5.73. The number of aryl methyl sites for hydroxylation is 1. The monoisotopic (exact) mass is 505 g/mol. The number of hydrogen-bond donors (Lipinski definition) is 1. The van der Waals surface area contributed by atoms with Crippen molar-refractivity contribution in [3.8, 4) is 5.75 Å². The molecule has 1 N–H and O–H groups in total. The fraction of sp³-hybridized carbons (Fsp3) is 0.609. The van der Waals surface area contributed by atoms with Crippen LogP contribution in [0.2, 0.25) is 0 Å². The number of hydrogen-bond acceptors (Lipinski definition) is 5. The van der Waals surface area contributed by atoms with Crippen LogP contribution in [-0.2, 0) is 20.7 Å². The van der Waals surface area contributed by atoms with Crippen LogP contribution in [0.4, 0.5) is 18.0 Å². The molecule has 1 heterocycles. The van der Waals surface area contributed by atoms with Gasteiger partial charge in [0.2, 0.25) is 0 Å². The van der Waals surface area contributed by atoms with Gasteiger partial charge in [0.15, 0.2) is 0 Å². The van der Waals surface area contributed by atoms with Gasteiger partial charge in [-0.15, -0.1) is 0 Å². The van der Waals surface area contributed by atoms with Gasteiger partial charge >= 0.3 is 21.7 Å². The molecule has 1 fully saturated rings. The summed E-state index contributed by atoms with van der Waals surface area (Å²) in [4.78, 5) is 12.6. The Morgan fingerprint density at radius 1 is 1.21 bits per heavy atom. The third-order valence-electron chi connectivity index (χ3n) is 6.58. The normalized spacial score (nSPS) is 20.4. The fourth-order valence-corrected chi connectivity index (χ4v) is 5.14. The lowest BCUT2D eigenvalue weighted by atomic mass is 9.86. The first-order chi connectivity index (χ1) is 15.9. The van der Waals surface area contributed by atoms with Gasteiger partial charge in [-0.3, -0.25) is 0 Å². The maximum atomic E-state index is 12.8. The molecule has 11 heteroatoms. The second kappa shape index (κ2) is 10.5. The Kier molecular flexibility index (Phi) is 8.05. The Labute approximate surface area is 197 Å². The van der Waals surface area contributed by atoms with E-state index in [1.807, 2.05) is 26.0 Å². The van der Waals surface area contributed by atoms with Gasteiger partial charge in [0.1, 0.15) is 18.1 Å². The number of piperidine rings is 1. The van der Waals surface area contributed by atoms with Crippen molar-refractivity contribution in [1.82, 2.24) is 4.90 Å². The number of alkyl halides is 3. The summed E-state index contributed by atoms with van der Waals surface area (Å²) in [5.41, 5.74) is -2.86. The van der Waals surface area contributed by atoms with E-state index in [0.29, 0.717) is 37.3 Å². The van der Waals surface area contributed by atoms with Crippen LogP contribution in [0.3, 0.4) is 0 Å². The smallest absolute Gasteiger partial charge is 0.489 e. The second-order valence-corrected chi connectivity index (χ2v) is 10.3. The standard InChI is InChI=1S/C23H30F3NO6S/c1-3-16-13-18(7-8-19(16)17-9-11-27(12-10-17)22(28)29)32-14-20-15(2)5-4-6-21(20)33-34(30,31)23(24,25)26/h7-8,13,15,17H,3-6,9-12,14H2,1-2H3,(H,28,29). The molecule has 7 nitrogen and oxygen atoms in total. The molecule has 1 saturated heterocycles. The first-order valence-electron chi connectivity index (χ1n) is 11.4. The van der Waals surface area contributed by atoms with Crippen LogP contribution in [0, 0.1) is 5.92 Å². The zero-order valence-corrected chi connectivity index (χ0v) is 20.0. The van der Waals surface area contributed by atoms with Crippen LogP contribution in [0.1, 0.15) is 63.0 Å². The van der Waals surface area contributed by atoms with Gasteiger partial charge in [-0.05, 0) is 67.2 Å². The molecule has 190 valence electrons. The van der Waals surface area contributed by atoms with Crippen LogP contribution < -0.4 is 4.74 Å². The molecule has 3 rings (SSSR count). The lowest BCUT2D eigenvalue weighted by Gasteiger charge is -2.31. The second-order valence-electron chi connectivity index (χ2n) is 8.77. The summed E-state index contributed by atoms with van der Waals surface area (Å²) in [6, 6.07) is 5.64. The molecule has 0 radical (unpaired) electrons. The Morgan fingerprint density at radius 3 is 2.47 bits per heavy atom. The van der Waals surface area contributed by atoms with Crippen molar-refractivity contribution in [3.05, 3.63) is 40.7 Å². The molecule has 1 atom stereocenters. The molecule has 1 aromatic rings. The Morgan fingerprint density at radius 2 is 1.88 bits per heavy atom. The van der Waals surface area contributed by atoms with Gasteiger partial charge in [0, 0.05) is 25.1 Å². The number of amides is 1. The van der Waals surface area contributed by atoms with Crippen molar-refractivity contribution in [1.29, 1.82) is 0 Å². The summed E-state index contributed by atoms with van der Waals surface area (Å²) in [5, 5.41) is 9.15. The van der Waals surface area contributed by atoms with Crippen molar-refractivity contribution in [3.63, 3.8) is 0 Å². The Hall–Kier alpha value is -2.43. The third-order valence-corrected chi connectivity index (χ3v) is 7.57. The molecule has 2 aliphatic rings. The van der Waals surface area contributed by atoms with E-state index in [1.165, 1.54) is 4.90 Å². The van der Waals surface area contributed by atoms with E-state index >= 15 is 0 Å². The van der Waals surface area contributed by atoms with Crippen molar-refractivity contribution in [2.45, 2.75) is 63.8 Å². The van der Waals surface area contributed by atoms with Gasteiger partial charge in [-0.1, -0.05) is 19.9 Å². The Balaban J connectivity index is 1.74. The molecular weight excluding hydrogens is 475 g/mol. The molecule has 1 unspecified atom stereocenters. The SMILES string of the molecule is CCc1cc(OCC2=C(OS(=O)(=O)C(F)(F)F)CCCC2C)ccc1C1CCN(C(=O)O)CC1. The quantitative estimate of drug-likeness (QED) is 0.393. The summed E-state index contributed by atoms with van der Waals surface area (Å²) in [6.45, 7) is 4.72. The molecule has 1 aliphatic heterocycles. The minimum absolute atomic E-state index is 0.0661. The number of halogens is 3. The molecule has 0 bridgehead atoms. The molecule has 1 aliphatic carbocycles. The number of benzene rings is 1. The number of ether oxygens (including phenoxy) is 1.